The number of aromatic nitrogens is 3. The van der Waals surface area contributed by atoms with Crippen molar-refractivity contribution in [3.63, 3.8) is 0 Å². The van der Waals surface area contributed by atoms with E-state index >= 15 is 0 Å². The summed E-state index contributed by atoms with van der Waals surface area (Å²) in [6, 6.07) is 0.515. The van der Waals surface area contributed by atoms with Gasteiger partial charge in [0, 0.05) is 31.2 Å². The Hall–Kier alpha value is -2.32. The van der Waals surface area contributed by atoms with E-state index in [-0.39, 0.29) is 24.0 Å². The van der Waals surface area contributed by atoms with Crippen LogP contribution in [-0.2, 0) is 29.3 Å². The normalized spacial score (nSPS) is 11.9. The van der Waals surface area contributed by atoms with E-state index in [2.05, 4.69) is 9.84 Å². The van der Waals surface area contributed by atoms with Crippen LogP contribution >= 0.6 is 0 Å². The summed E-state index contributed by atoms with van der Waals surface area (Å²) in [4.78, 5) is 23.0. The summed E-state index contributed by atoms with van der Waals surface area (Å²) in [6.45, 7) is -0.100. The molecule has 2 aromatic heterocycles. The summed E-state index contributed by atoms with van der Waals surface area (Å²) >= 11 is 0. The lowest BCUT2D eigenvalue weighted by atomic mass is 10.2. The molecule has 0 fully saturated rings. The number of hydrogen-bond donors (Lipinski definition) is 0. The van der Waals surface area contributed by atoms with Crippen molar-refractivity contribution in [3.05, 3.63) is 28.2 Å². The van der Waals surface area contributed by atoms with Gasteiger partial charge in [-0.3, -0.25) is 18.8 Å². The molecular formula is C12H12F3N3O3. The highest BCUT2D eigenvalue weighted by Gasteiger charge is 2.34. The first-order chi connectivity index (χ1) is 9.74. The molecule has 0 atom stereocenters. The Morgan fingerprint density at radius 1 is 1.43 bits per heavy atom. The summed E-state index contributed by atoms with van der Waals surface area (Å²) in [5.74, 6) is -0.564. The van der Waals surface area contributed by atoms with E-state index in [1.807, 2.05) is 0 Å². The zero-order valence-electron chi connectivity index (χ0n) is 11.3. The molecule has 0 bridgehead atoms. The number of aryl methyl sites for hydroxylation is 2. The van der Waals surface area contributed by atoms with Crippen molar-refractivity contribution < 1.29 is 22.7 Å². The zero-order chi connectivity index (χ0) is 15.8. The minimum atomic E-state index is -4.65. The van der Waals surface area contributed by atoms with Crippen molar-refractivity contribution in [3.8, 4) is 0 Å². The number of esters is 1. The van der Waals surface area contributed by atoms with Gasteiger partial charge in [0.25, 0.3) is 5.56 Å². The molecule has 2 heterocycles. The fraction of sp³-hybridized carbons (Fsp3) is 0.417. The van der Waals surface area contributed by atoms with Crippen molar-refractivity contribution in [2.45, 2.75) is 19.1 Å². The number of pyridine rings is 1. The molecule has 9 heteroatoms. The SMILES string of the molecule is COC(=O)CCn1c(=O)cc(C(F)(F)F)c2cn(C)nc21. The minimum Gasteiger partial charge on any atom is -0.469 e. The summed E-state index contributed by atoms with van der Waals surface area (Å²) in [5.41, 5.74) is -2.01. The smallest absolute Gasteiger partial charge is 0.417 e. The lowest BCUT2D eigenvalue weighted by molar-refractivity contribution is -0.141. The second kappa shape index (κ2) is 5.23. The van der Waals surface area contributed by atoms with Gasteiger partial charge in [-0.05, 0) is 0 Å². The maximum Gasteiger partial charge on any atom is 0.417 e. The quantitative estimate of drug-likeness (QED) is 0.802. The number of hydrogen-bond acceptors (Lipinski definition) is 4. The molecule has 0 N–H and O–H groups in total. The van der Waals surface area contributed by atoms with E-state index in [1.54, 1.807) is 0 Å². The summed E-state index contributed by atoms with van der Waals surface area (Å²) in [7, 11) is 2.64. The molecule has 0 saturated heterocycles. The largest absolute Gasteiger partial charge is 0.469 e. The molecular weight excluding hydrogens is 291 g/mol. The lowest BCUT2D eigenvalue weighted by Gasteiger charge is -2.11. The first kappa shape index (κ1) is 15.1. The third-order valence-corrected chi connectivity index (χ3v) is 2.96. The Kier molecular flexibility index (Phi) is 3.75. The fourth-order valence-corrected chi connectivity index (χ4v) is 2.01. The number of alkyl halides is 3. The van der Waals surface area contributed by atoms with Gasteiger partial charge < -0.3 is 4.74 Å². The number of fused-ring (bicyclic) bond motifs is 1. The third kappa shape index (κ3) is 2.91. The Morgan fingerprint density at radius 2 is 2.10 bits per heavy atom. The Bertz CT molecular complexity index is 746. The molecule has 0 aliphatic heterocycles. The van der Waals surface area contributed by atoms with E-state index in [1.165, 1.54) is 25.0 Å². The maximum absolute atomic E-state index is 12.9. The van der Waals surface area contributed by atoms with Crippen LogP contribution in [0.25, 0.3) is 11.0 Å². The van der Waals surface area contributed by atoms with E-state index in [0.717, 1.165) is 4.57 Å². The molecule has 114 valence electrons. The van der Waals surface area contributed by atoms with Crippen LogP contribution in [-0.4, -0.2) is 27.4 Å². The van der Waals surface area contributed by atoms with Gasteiger partial charge in [-0.2, -0.15) is 18.3 Å². The monoisotopic (exact) mass is 303 g/mol. The zero-order valence-corrected chi connectivity index (χ0v) is 11.3. The molecule has 0 amide bonds. The highest BCUT2D eigenvalue weighted by Crippen LogP contribution is 2.33. The molecule has 0 radical (unpaired) electrons. The van der Waals surface area contributed by atoms with Gasteiger partial charge >= 0.3 is 12.1 Å². The van der Waals surface area contributed by atoms with Crippen LogP contribution in [0.4, 0.5) is 13.2 Å². The van der Waals surface area contributed by atoms with Gasteiger partial charge in [-0.25, -0.2) is 0 Å². The van der Waals surface area contributed by atoms with Crippen LogP contribution in [0, 0.1) is 0 Å². The molecule has 2 aromatic rings. The van der Waals surface area contributed by atoms with Crippen LogP contribution in [0.3, 0.4) is 0 Å². The molecule has 0 aromatic carbocycles. The van der Waals surface area contributed by atoms with Gasteiger partial charge in [-0.15, -0.1) is 0 Å². The fourth-order valence-electron chi connectivity index (χ4n) is 2.01. The summed E-state index contributed by atoms with van der Waals surface area (Å²) < 4.78 is 45.5. The summed E-state index contributed by atoms with van der Waals surface area (Å²) in [5, 5.41) is 3.69. The molecule has 0 spiro atoms. The first-order valence-corrected chi connectivity index (χ1v) is 5.95. The highest BCUT2D eigenvalue weighted by atomic mass is 19.4. The standard InChI is InChI=1S/C12H12F3N3O3/c1-17-6-7-8(12(13,14)15)5-9(19)18(11(7)16-17)4-3-10(20)21-2/h5-6H,3-4H2,1-2H3. The first-order valence-electron chi connectivity index (χ1n) is 5.95. The topological polar surface area (TPSA) is 66.1 Å². The number of ether oxygens (including phenoxy) is 1. The van der Waals surface area contributed by atoms with Crippen molar-refractivity contribution in [1.82, 2.24) is 14.3 Å². The molecule has 6 nitrogen and oxygen atoms in total. The van der Waals surface area contributed by atoms with E-state index < -0.39 is 23.3 Å². The Labute approximate surface area is 116 Å². The number of rotatable bonds is 3. The predicted molar refractivity (Wildman–Crippen MR) is 66.6 cm³/mol. The van der Waals surface area contributed by atoms with Crippen molar-refractivity contribution >= 4 is 17.0 Å². The van der Waals surface area contributed by atoms with E-state index in [4.69, 9.17) is 0 Å². The Morgan fingerprint density at radius 3 is 2.67 bits per heavy atom. The van der Waals surface area contributed by atoms with Gasteiger partial charge in [-0.1, -0.05) is 0 Å². The average Bonchev–Trinajstić information content (AvgIpc) is 2.76. The lowest BCUT2D eigenvalue weighted by Crippen LogP contribution is -2.24. The van der Waals surface area contributed by atoms with Gasteiger partial charge in [0.1, 0.15) is 0 Å². The second-order valence-corrected chi connectivity index (χ2v) is 4.41. The molecule has 21 heavy (non-hydrogen) atoms. The van der Waals surface area contributed by atoms with Crippen LogP contribution in [0.1, 0.15) is 12.0 Å². The number of nitrogens with zero attached hydrogens (tertiary/aromatic N) is 3. The third-order valence-electron chi connectivity index (χ3n) is 2.96. The highest BCUT2D eigenvalue weighted by molar-refractivity contribution is 5.79. The molecule has 0 aliphatic rings. The molecule has 2 rings (SSSR count). The van der Waals surface area contributed by atoms with Crippen LogP contribution in [0.15, 0.2) is 17.1 Å². The number of methoxy groups -OCH3 is 1. The average molecular weight is 303 g/mol. The predicted octanol–water partition coefficient (Wildman–Crippen LogP) is 1.32. The molecule has 0 unspecified atom stereocenters. The molecule has 0 aliphatic carbocycles. The number of carbonyl (C=O) groups is 1. The van der Waals surface area contributed by atoms with Gasteiger partial charge in [0.05, 0.1) is 19.1 Å². The van der Waals surface area contributed by atoms with E-state index in [9.17, 15) is 22.8 Å². The van der Waals surface area contributed by atoms with Crippen molar-refractivity contribution in [1.29, 1.82) is 0 Å². The van der Waals surface area contributed by atoms with Crippen LogP contribution in [0.5, 0.6) is 0 Å². The molecule has 0 saturated carbocycles. The van der Waals surface area contributed by atoms with Crippen molar-refractivity contribution in [2.75, 3.05) is 7.11 Å². The number of carbonyl (C=O) groups excluding carboxylic acids is 1. The summed E-state index contributed by atoms with van der Waals surface area (Å²) in [6.07, 6.45) is -3.60. The minimum absolute atomic E-state index is 0.100. The van der Waals surface area contributed by atoms with Crippen molar-refractivity contribution in [2.24, 2.45) is 7.05 Å². The van der Waals surface area contributed by atoms with Gasteiger partial charge in [0.15, 0.2) is 5.65 Å². The van der Waals surface area contributed by atoms with E-state index in [0.29, 0.717) is 6.07 Å². The van der Waals surface area contributed by atoms with Gasteiger partial charge in [0.2, 0.25) is 0 Å². The second-order valence-electron chi connectivity index (χ2n) is 4.41. The maximum atomic E-state index is 12.9. The van der Waals surface area contributed by atoms with Crippen LogP contribution < -0.4 is 5.56 Å². The Balaban J connectivity index is 2.60. The van der Waals surface area contributed by atoms with Crippen LogP contribution in [0.2, 0.25) is 0 Å². The number of halogens is 3.